The second-order valence-corrected chi connectivity index (χ2v) is 7.34. The van der Waals surface area contributed by atoms with Crippen LogP contribution in [0.2, 0.25) is 0 Å². The van der Waals surface area contributed by atoms with E-state index in [0.717, 1.165) is 5.56 Å². The highest BCUT2D eigenvalue weighted by Crippen LogP contribution is 2.36. The predicted molar refractivity (Wildman–Crippen MR) is 99.4 cm³/mol. The Bertz CT molecular complexity index is 883. The fourth-order valence-electron chi connectivity index (χ4n) is 3.16. The van der Waals surface area contributed by atoms with Crippen LogP contribution < -0.4 is 15.5 Å². The summed E-state index contributed by atoms with van der Waals surface area (Å²) in [5.74, 6) is 0.0671. The highest BCUT2D eigenvalue weighted by molar-refractivity contribution is 5.95. The zero-order valence-electron chi connectivity index (χ0n) is 15.8. The third-order valence-corrected chi connectivity index (χ3v) is 5.37. The number of carbonyl (C=O) groups is 2. The minimum Gasteiger partial charge on any atom is -0.457 e. The van der Waals surface area contributed by atoms with Crippen molar-refractivity contribution in [2.45, 2.75) is 38.4 Å². The molecule has 0 saturated carbocycles. The van der Waals surface area contributed by atoms with E-state index >= 15 is 0 Å². The summed E-state index contributed by atoms with van der Waals surface area (Å²) < 4.78 is 18.6. The lowest BCUT2D eigenvalue weighted by Gasteiger charge is -2.39. The molecule has 1 atom stereocenters. The summed E-state index contributed by atoms with van der Waals surface area (Å²) >= 11 is 0. The number of hydroxylamine groups is 1. The molecule has 0 bridgehead atoms. The van der Waals surface area contributed by atoms with E-state index in [1.54, 1.807) is 38.4 Å². The Hall–Kier alpha value is -3.13. The topological polar surface area (TPSA) is 90.9 Å². The molecule has 2 aromatic rings. The molecule has 3 amide bonds. The van der Waals surface area contributed by atoms with Gasteiger partial charge in [-0.25, -0.2) is 14.7 Å². The van der Waals surface area contributed by atoms with E-state index in [-0.39, 0.29) is 12.4 Å². The fourth-order valence-corrected chi connectivity index (χ4v) is 3.16. The second kappa shape index (κ2) is 7.12. The monoisotopic (exact) mass is 387 g/mol. The van der Waals surface area contributed by atoms with Gasteiger partial charge in [-0.3, -0.25) is 10.0 Å². The van der Waals surface area contributed by atoms with Crippen molar-refractivity contribution in [1.29, 1.82) is 0 Å². The third kappa shape index (κ3) is 3.38. The van der Waals surface area contributed by atoms with Crippen LogP contribution in [0.15, 0.2) is 48.5 Å². The molecular formula is C20H22FN3O4. The van der Waals surface area contributed by atoms with Crippen LogP contribution in [0.5, 0.6) is 11.5 Å². The average Bonchev–Trinajstić information content (AvgIpc) is 2.84. The van der Waals surface area contributed by atoms with Crippen LogP contribution in [-0.4, -0.2) is 33.1 Å². The number of halogens is 1. The van der Waals surface area contributed by atoms with Gasteiger partial charge >= 0.3 is 6.03 Å². The SMILES string of the molecule is CC1(C(=O)NO)NC(=O)N(Cc2ccc(Oc3ccc(F)cc3)cc2)C1(C)C. The number of ether oxygens (including phenoxy) is 1. The lowest BCUT2D eigenvalue weighted by atomic mass is 9.81. The average molecular weight is 387 g/mol. The van der Waals surface area contributed by atoms with Gasteiger partial charge in [0, 0.05) is 6.54 Å². The molecule has 3 N–H and O–H groups in total. The molecule has 0 spiro atoms. The van der Waals surface area contributed by atoms with E-state index in [1.807, 2.05) is 12.1 Å². The van der Waals surface area contributed by atoms with Gasteiger partial charge in [0.25, 0.3) is 5.91 Å². The Morgan fingerprint density at radius 2 is 1.64 bits per heavy atom. The molecule has 3 rings (SSSR count). The number of hydrogen-bond acceptors (Lipinski definition) is 4. The van der Waals surface area contributed by atoms with Gasteiger partial charge in [0.2, 0.25) is 0 Å². The molecule has 0 radical (unpaired) electrons. The smallest absolute Gasteiger partial charge is 0.319 e. The number of hydrogen-bond donors (Lipinski definition) is 3. The fraction of sp³-hybridized carbons (Fsp3) is 0.300. The van der Waals surface area contributed by atoms with Crippen LogP contribution in [0.3, 0.4) is 0 Å². The second-order valence-electron chi connectivity index (χ2n) is 7.34. The molecule has 7 nitrogen and oxygen atoms in total. The highest BCUT2D eigenvalue weighted by Gasteiger charge is 2.58. The lowest BCUT2D eigenvalue weighted by molar-refractivity contribution is -0.138. The van der Waals surface area contributed by atoms with Gasteiger partial charge in [-0.15, -0.1) is 0 Å². The summed E-state index contributed by atoms with van der Waals surface area (Å²) in [6.07, 6.45) is 0. The minimum atomic E-state index is -1.29. The van der Waals surface area contributed by atoms with Crippen LogP contribution in [0.1, 0.15) is 26.3 Å². The Labute approximate surface area is 162 Å². The Kier molecular flexibility index (Phi) is 4.99. The minimum absolute atomic E-state index is 0.268. The van der Waals surface area contributed by atoms with Crippen LogP contribution in [0.4, 0.5) is 9.18 Å². The summed E-state index contributed by atoms with van der Waals surface area (Å²) in [5.41, 5.74) is 0.282. The third-order valence-electron chi connectivity index (χ3n) is 5.37. The number of benzene rings is 2. The molecule has 2 aromatic carbocycles. The standard InChI is InChI=1S/C20H22FN3O4/c1-19(2)20(3,17(25)23-27)22-18(26)24(19)12-13-4-8-15(9-5-13)28-16-10-6-14(21)7-11-16/h4-11,27H,12H2,1-3H3,(H,22,26)(H,23,25). The maximum atomic E-state index is 13.0. The Morgan fingerprint density at radius 3 is 2.18 bits per heavy atom. The van der Waals surface area contributed by atoms with Crippen molar-refractivity contribution in [3.8, 4) is 11.5 Å². The summed E-state index contributed by atoms with van der Waals surface area (Å²) in [6, 6.07) is 12.4. The van der Waals surface area contributed by atoms with Gasteiger partial charge in [-0.2, -0.15) is 0 Å². The van der Waals surface area contributed by atoms with Crippen LogP contribution in [0, 0.1) is 5.82 Å². The van der Waals surface area contributed by atoms with E-state index < -0.39 is 23.0 Å². The molecule has 1 aliphatic rings. The van der Waals surface area contributed by atoms with Gasteiger partial charge in [-0.05, 0) is 62.7 Å². The quantitative estimate of drug-likeness (QED) is 0.543. The molecule has 8 heteroatoms. The number of urea groups is 1. The van der Waals surface area contributed by atoms with E-state index in [4.69, 9.17) is 9.94 Å². The van der Waals surface area contributed by atoms with Crippen molar-refractivity contribution in [3.05, 3.63) is 59.9 Å². The largest absolute Gasteiger partial charge is 0.457 e. The number of nitrogens with zero attached hydrogens (tertiary/aromatic N) is 1. The van der Waals surface area contributed by atoms with Crippen molar-refractivity contribution >= 4 is 11.9 Å². The van der Waals surface area contributed by atoms with Gasteiger partial charge in [0.15, 0.2) is 0 Å². The van der Waals surface area contributed by atoms with Gasteiger partial charge in [-0.1, -0.05) is 12.1 Å². The molecule has 1 saturated heterocycles. The zero-order valence-corrected chi connectivity index (χ0v) is 15.8. The van der Waals surface area contributed by atoms with E-state index in [2.05, 4.69) is 5.32 Å². The summed E-state index contributed by atoms with van der Waals surface area (Å²) in [6.45, 7) is 5.35. The number of carbonyl (C=O) groups excluding carboxylic acids is 2. The Balaban J connectivity index is 1.74. The van der Waals surface area contributed by atoms with E-state index in [0.29, 0.717) is 11.5 Å². The van der Waals surface area contributed by atoms with Crippen LogP contribution in [0.25, 0.3) is 0 Å². The molecule has 1 fully saturated rings. The Morgan fingerprint density at radius 1 is 1.11 bits per heavy atom. The van der Waals surface area contributed by atoms with Crippen molar-refractivity contribution in [3.63, 3.8) is 0 Å². The summed E-state index contributed by atoms with van der Waals surface area (Å²) in [5, 5.41) is 11.7. The summed E-state index contributed by atoms with van der Waals surface area (Å²) in [4.78, 5) is 26.1. The molecule has 0 aliphatic carbocycles. The number of nitrogens with one attached hydrogen (secondary N) is 2. The van der Waals surface area contributed by atoms with Gasteiger partial charge in [0.05, 0.1) is 5.54 Å². The maximum absolute atomic E-state index is 13.0. The van der Waals surface area contributed by atoms with Crippen LogP contribution in [-0.2, 0) is 11.3 Å². The molecule has 0 aromatic heterocycles. The van der Waals surface area contributed by atoms with E-state index in [1.165, 1.54) is 29.2 Å². The first-order chi connectivity index (χ1) is 13.2. The van der Waals surface area contributed by atoms with Crippen molar-refractivity contribution in [2.75, 3.05) is 0 Å². The lowest BCUT2D eigenvalue weighted by Crippen LogP contribution is -2.63. The highest BCUT2D eigenvalue weighted by atomic mass is 19.1. The maximum Gasteiger partial charge on any atom is 0.319 e. The van der Waals surface area contributed by atoms with Crippen LogP contribution >= 0.6 is 0 Å². The number of amides is 3. The molecule has 1 heterocycles. The van der Waals surface area contributed by atoms with Gasteiger partial charge < -0.3 is 15.0 Å². The first-order valence-corrected chi connectivity index (χ1v) is 8.74. The normalized spacial score (nSPS) is 20.6. The molecule has 1 unspecified atom stereocenters. The molecule has 148 valence electrons. The first-order valence-electron chi connectivity index (χ1n) is 8.74. The summed E-state index contributed by atoms with van der Waals surface area (Å²) in [7, 11) is 0. The molecule has 1 aliphatic heterocycles. The van der Waals surface area contributed by atoms with E-state index in [9.17, 15) is 14.0 Å². The predicted octanol–water partition coefficient (Wildman–Crippen LogP) is 3.19. The van der Waals surface area contributed by atoms with Gasteiger partial charge in [0.1, 0.15) is 22.9 Å². The molecule has 28 heavy (non-hydrogen) atoms. The van der Waals surface area contributed by atoms with Crippen molar-refractivity contribution in [2.24, 2.45) is 0 Å². The molecular weight excluding hydrogens is 365 g/mol. The van der Waals surface area contributed by atoms with Crippen molar-refractivity contribution < 1.29 is 23.9 Å². The number of rotatable bonds is 5. The van der Waals surface area contributed by atoms with Crippen molar-refractivity contribution in [1.82, 2.24) is 15.7 Å². The zero-order chi connectivity index (χ0) is 20.5. The first kappa shape index (κ1) is 19.6.